The van der Waals surface area contributed by atoms with Crippen LogP contribution in [0.1, 0.15) is 27.7 Å². The van der Waals surface area contributed by atoms with E-state index in [4.69, 9.17) is 9.47 Å². The Morgan fingerprint density at radius 1 is 1.07 bits per heavy atom. The zero-order valence-corrected chi connectivity index (χ0v) is 16.5. The predicted molar refractivity (Wildman–Crippen MR) is 102 cm³/mol. The maximum absolute atomic E-state index is 12.9. The molecule has 27 heavy (non-hydrogen) atoms. The second kappa shape index (κ2) is 7.76. The number of nitrogens with zero attached hydrogens (tertiary/aromatic N) is 2. The Labute approximate surface area is 160 Å². The average molecular weight is 375 g/mol. The number of benzene rings is 1. The van der Waals surface area contributed by atoms with Gasteiger partial charge < -0.3 is 19.7 Å². The summed E-state index contributed by atoms with van der Waals surface area (Å²) in [6.45, 7) is 10.6. The molecule has 1 aromatic rings. The highest BCUT2D eigenvalue weighted by Crippen LogP contribution is 2.33. The molecule has 1 saturated heterocycles. The van der Waals surface area contributed by atoms with Crippen LogP contribution >= 0.6 is 0 Å². The molecule has 2 amide bonds. The number of hydrogen-bond donors (Lipinski definition) is 1. The van der Waals surface area contributed by atoms with Crippen LogP contribution in [0.4, 0.5) is 0 Å². The van der Waals surface area contributed by atoms with Gasteiger partial charge in [0.15, 0.2) is 11.5 Å². The zero-order valence-electron chi connectivity index (χ0n) is 16.5. The fourth-order valence-corrected chi connectivity index (χ4v) is 3.36. The number of amides is 2. The standard InChI is InChI=1S/C20H29N3O4/c1-14-18(27-16-8-6-5-7-15(16)26-14)19(25)23-11-9-22(10-12-23)13-17(24)21-20(2,3)4/h5-8,14,18H,9-13H2,1-4H3,(H,21,24). The number of fused-ring (bicyclic) bond motifs is 1. The Morgan fingerprint density at radius 2 is 1.67 bits per heavy atom. The first-order valence-electron chi connectivity index (χ1n) is 9.47. The van der Waals surface area contributed by atoms with Crippen molar-refractivity contribution in [1.29, 1.82) is 0 Å². The van der Waals surface area contributed by atoms with Crippen LogP contribution in [0.2, 0.25) is 0 Å². The molecule has 7 heteroatoms. The lowest BCUT2D eigenvalue weighted by Gasteiger charge is -2.38. The number of ether oxygens (including phenoxy) is 2. The van der Waals surface area contributed by atoms with Gasteiger partial charge in [-0.1, -0.05) is 12.1 Å². The maximum atomic E-state index is 12.9. The van der Waals surface area contributed by atoms with Crippen molar-refractivity contribution in [2.45, 2.75) is 45.4 Å². The Kier molecular flexibility index (Phi) is 5.60. The molecule has 1 N–H and O–H groups in total. The van der Waals surface area contributed by atoms with Crippen LogP contribution < -0.4 is 14.8 Å². The molecule has 2 aliphatic heterocycles. The lowest BCUT2D eigenvalue weighted by Crippen LogP contribution is -2.57. The van der Waals surface area contributed by atoms with Crippen LogP contribution in [0.3, 0.4) is 0 Å². The molecule has 0 spiro atoms. The quantitative estimate of drug-likeness (QED) is 0.862. The summed E-state index contributed by atoms with van der Waals surface area (Å²) in [6, 6.07) is 7.40. The van der Waals surface area contributed by atoms with Crippen LogP contribution in [0.5, 0.6) is 11.5 Å². The van der Waals surface area contributed by atoms with E-state index in [1.54, 1.807) is 4.90 Å². The van der Waals surface area contributed by atoms with Crippen LogP contribution in [-0.2, 0) is 9.59 Å². The van der Waals surface area contributed by atoms with Crippen molar-refractivity contribution in [3.63, 3.8) is 0 Å². The maximum Gasteiger partial charge on any atom is 0.267 e. The highest BCUT2D eigenvalue weighted by molar-refractivity contribution is 5.83. The third-order valence-corrected chi connectivity index (χ3v) is 4.65. The van der Waals surface area contributed by atoms with E-state index < -0.39 is 6.10 Å². The first-order chi connectivity index (χ1) is 12.7. The molecule has 1 fully saturated rings. The van der Waals surface area contributed by atoms with Gasteiger partial charge in [0.05, 0.1) is 6.54 Å². The van der Waals surface area contributed by atoms with Crippen molar-refractivity contribution in [3.05, 3.63) is 24.3 Å². The van der Waals surface area contributed by atoms with E-state index in [2.05, 4.69) is 10.2 Å². The van der Waals surface area contributed by atoms with Crippen molar-refractivity contribution in [1.82, 2.24) is 15.1 Å². The Hall–Kier alpha value is -2.28. The van der Waals surface area contributed by atoms with Crippen molar-refractivity contribution >= 4 is 11.8 Å². The average Bonchev–Trinajstić information content (AvgIpc) is 2.59. The lowest BCUT2D eigenvalue weighted by molar-refractivity contribution is -0.146. The van der Waals surface area contributed by atoms with Crippen LogP contribution in [-0.4, -0.2) is 72.1 Å². The number of piperazine rings is 1. The summed E-state index contributed by atoms with van der Waals surface area (Å²) < 4.78 is 11.8. The van der Waals surface area contributed by atoms with Crippen molar-refractivity contribution in [2.75, 3.05) is 32.7 Å². The van der Waals surface area contributed by atoms with Crippen molar-refractivity contribution in [3.8, 4) is 11.5 Å². The number of hydrogen-bond acceptors (Lipinski definition) is 5. The van der Waals surface area contributed by atoms with E-state index in [1.807, 2.05) is 52.0 Å². The molecule has 2 unspecified atom stereocenters. The Balaban J connectivity index is 1.52. The van der Waals surface area contributed by atoms with E-state index in [0.717, 1.165) is 0 Å². The van der Waals surface area contributed by atoms with Gasteiger partial charge in [0, 0.05) is 31.7 Å². The molecule has 7 nitrogen and oxygen atoms in total. The third-order valence-electron chi connectivity index (χ3n) is 4.65. The van der Waals surface area contributed by atoms with Crippen LogP contribution in [0.25, 0.3) is 0 Å². The van der Waals surface area contributed by atoms with Gasteiger partial charge in [0.2, 0.25) is 12.0 Å². The minimum atomic E-state index is -0.643. The van der Waals surface area contributed by atoms with E-state index in [-0.39, 0.29) is 23.5 Å². The largest absolute Gasteiger partial charge is 0.482 e. The zero-order chi connectivity index (χ0) is 19.6. The first-order valence-corrected chi connectivity index (χ1v) is 9.47. The molecule has 0 bridgehead atoms. The molecular weight excluding hydrogens is 346 g/mol. The van der Waals surface area contributed by atoms with Crippen molar-refractivity contribution in [2.24, 2.45) is 0 Å². The number of carbonyl (C=O) groups excluding carboxylic acids is 2. The molecule has 148 valence electrons. The summed E-state index contributed by atoms with van der Waals surface area (Å²) in [5.74, 6) is 1.22. The lowest BCUT2D eigenvalue weighted by atomic mass is 10.1. The molecule has 0 saturated carbocycles. The van der Waals surface area contributed by atoms with Gasteiger partial charge in [-0.25, -0.2) is 0 Å². The fourth-order valence-electron chi connectivity index (χ4n) is 3.36. The second-order valence-corrected chi connectivity index (χ2v) is 8.21. The number of carbonyl (C=O) groups is 2. The van der Waals surface area contributed by atoms with Gasteiger partial charge in [-0.05, 0) is 39.8 Å². The molecule has 1 aromatic carbocycles. The predicted octanol–water partition coefficient (Wildman–Crippen LogP) is 1.27. The normalized spacial score (nSPS) is 23.0. The van der Waals surface area contributed by atoms with E-state index in [9.17, 15) is 9.59 Å². The first kappa shape index (κ1) is 19.5. The van der Waals surface area contributed by atoms with Gasteiger partial charge in [0.1, 0.15) is 6.10 Å². The molecule has 0 radical (unpaired) electrons. The fraction of sp³-hybridized carbons (Fsp3) is 0.600. The molecule has 0 aliphatic carbocycles. The van der Waals surface area contributed by atoms with Gasteiger partial charge in [-0.3, -0.25) is 14.5 Å². The monoisotopic (exact) mass is 375 g/mol. The number of nitrogens with one attached hydrogen (secondary N) is 1. The topological polar surface area (TPSA) is 71.1 Å². The van der Waals surface area contributed by atoms with Gasteiger partial charge in [0.25, 0.3) is 5.91 Å². The van der Waals surface area contributed by atoms with E-state index >= 15 is 0 Å². The smallest absolute Gasteiger partial charge is 0.267 e. The summed E-state index contributed by atoms with van der Waals surface area (Å²) in [5, 5.41) is 2.97. The number of para-hydroxylation sites is 2. The summed E-state index contributed by atoms with van der Waals surface area (Å²) in [6.07, 6.45) is -0.987. The molecular formula is C20H29N3O4. The van der Waals surface area contributed by atoms with Gasteiger partial charge in [-0.2, -0.15) is 0 Å². The van der Waals surface area contributed by atoms with Crippen molar-refractivity contribution < 1.29 is 19.1 Å². The second-order valence-electron chi connectivity index (χ2n) is 8.21. The minimum Gasteiger partial charge on any atom is -0.482 e. The molecule has 2 atom stereocenters. The molecule has 0 aromatic heterocycles. The minimum absolute atomic E-state index is 0.0107. The highest BCUT2D eigenvalue weighted by Gasteiger charge is 2.37. The number of rotatable bonds is 3. The van der Waals surface area contributed by atoms with Crippen LogP contribution in [0, 0.1) is 0 Å². The Morgan fingerprint density at radius 3 is 2.26 bits per heavy atom. The van der Waals surface area contributed by atoms with E-state index in [1.165, 1.54) is 0 Å². The van der Waals surface area contributed by atoms with Crippen LogP contribution in [0.15, 0.2) is 24.3 Å². The van der Waals surface area contributed by atoms with Gasteiger partial charge in [-0.15, -0.1) is 0 Å². The SMILES string of the molecule is CC1Oc2ccccc2OC1C(=O)N1CCN(CC(=O)NC(C)(C)C)CC1. The summed E-state index contributed by atoms with van der Waals surface area (Å²) in [5.41, 5.74) is -0.236. The molecule has 2 aliphatic rings. The van der Waals surface area contributed by atoms with Gasteiger partial charge >= 0.3 is 0 Å². The third kappa shape index (κ3) is 4.91. The van der Waals surface area contributed by atoms with E-state index in [0.29, 0.717) is 44.2 Å². The molecule has 2 heterocycles. The summed E-state index contributed by atoms with van der Waals surface area (Å²) >= 11 is 0. The Bertz CT molecular complexity index is 693. The highest BCUT2D eigenvalue weighted by atomic mass is 16.6. The summed E-state index contributed by atoms with van der Waals surface area (Å²) in [4.78, 5) is 28.9. The summed E-state index contributed by atoms with van der Waals surface area (Å²) in [7, 11) is 0. The molecule has 3 rings (SSSR count).